The number of methoxy groups -OCH3 is 1. The van der Waals surface area contributed by atoms with Gasteiger partial charge in [-0.1, -0.05) is 11.6 Å². The van der Waals surface area contributed by atoms with Crippen LogP contribution in [0.1, 0.15) is 0 Å². The van der Waals surface area contributed by atoms with Gasteiger partial charge in [0.25, 0.3) is 20.0 Å². The van der Waals surface area contributed by atoms with Gasteiger partial charge in [-0.15, -0.1) is 0 Å². The zero-order valence-electron chi connectivity index (χ0n) is 20.9. The predicted octanol–water partition coefficient (Wildman–Crippen LogP) is 5.12. The Morgan fingerprint density at radius 2 is 1.35 bits per heavy atom. The first kappa shape index (κ1) is 28.9. The molecule has 0 aromatic heterocycles. The van der Waals surface area contributed by atoms with Crippen LogP contribution in [0.3, 0.4) is 0 Å². The van der Waals surface area contributed by atoms with Crippen molar-refractivity contribution in [3.05, 3.63) is 108 Å². The molecule has 0 fully saturated rings. The van der Waals surface area contributed by atoms with Gasteiger partial charge < -0.3 is 10.1 Å². The Bertz CT molecular complexity index is 1700. The molecule has 4 rings (SSSR count). The first-order chi connectivity index (χ1) is 19.0. The van der Waals surface area contributed by atoms with Crippen molar-refractivity contribution in [2.24, 2.45) is 0 Å². The average molecular weight is 604 g/mol. The summed E-state index contributed by atoms with van der Waals surface area (Å²) in [6, 6.07) is 21.8. The summed E-state index contributed by atoms with van der Waals surface area (Å²) in [5.41, 5.74) is 0.631. The van der Waals surface area contributed by atoms with Crippen LogP contribution in [0.15, 0.2) is 107 Å². The molecule has 0 unspecified atom stereocenters. The van der Waals surface area contributed by atoms with Crippen molar-refractivity contribution in [1.29, 1.82) is 0 Å². The van der Waals surface area contributed by atoms with Gasteiger partial charge in [0.05, 0.1) is 22.6 Å². The number of anilines is 3. The minimum atomic E-state index is -4.18. The lowest BCUT2D eigenvalue weighted by atomic mass is 10.3. The number of hydrogen-bond donors (Lipinski definition) is 2. The number of nitrogens with zero attached hydrogens (tertiary/aromatic N) is 1. The molecule has 0 aliphatic carbocycles. The van der Waals surface area contributed by atoms with Crippen LogP contribution in [-0.4, -0.2) is 36.4 Å². The maximum atomic E-state index is 13.5. The van der Waals surface area contributed by atoms with Crippen molar-refractivity contribution in [3.8, 4) is 5.75 Å². The first-order valence-electron chi connectivity index (χ1n) is 11.6. The van der Waals surface area contributed by atoms with E-state index in [2.05, 4.69) is 10.0 Å². The lowest BCUT2D eigenvalue weighted by Crippen LogP contribution is -2.38. The zero-order chi connectivity index (χ0) is 28.9. The van der Waals surface area contributed by atoms with E-state index in [4.69, 9.17) is 16.3 Å². The number of sulfonamides is 2. The number of amides is 1. The number of carbonyl (C=O) groups is 1. The molecule has 0 aliphatic rings. The summed E-state index contributed by atoms with van der Waals surface area (Å²) >= 11 is 5.97. The fourth-order valence-corrected chi connectivity index (χ4v) is 6.18. The Hall–Kier alpha value is -4.13. The fourth-order valence-electron chi connectivity index (χ4n) is 3.58. The van der Waals surface area contributed by atoms with Crippen molar-refractivity contribution in [2.75, 3.05) is 28.0 Å². The van der Waals surface area contributed by atoms with Gasteiger partial charge >= 0.3 is 0 Å². The smallest absolute Gasteiger partial charge is 0.264 e. The summed E-state index contributed by atoms with van der Waals surface area (Å²) in [7, 11) is -6.70. The van der Waals surface area contributed by atoms with Gasteiger partial charge in [0.1, 0.15) is 18.1 Å². The van der Waals surface area contributed by atoms with Crippen molar-refractivity contribution in [3.63, 3.8) is 0 Å². The maximum absolute atomic E-state index is 13.5. The van der Waals surface area contributed by atoms with Crippen molar-refractivity contribution in [1.82, 2.24) is 0 Å². The molecule has 0 bridgehead atoms. The maximum Gasteiger partial charge on any atom is 0.264 e. The normalized spacial score (nSPS) is 11.5. The molecule has 208 valence electrons. The van der Waals surface area contributed by atoms with E-state index in [9.17, 15) is 26.0 Å². The van der Waals surface area contributed by atoms with E-state index in [0.29, 0.717) is 10.8 Å². The minimum Gasteiger partial charge on any atom is -0.497 e. The Morgan fingerprint density at radius 1 is 0.800 bits per heavy atom. The van der Waals surface area contributed by atoms with Crippen LogP contribution >= 0.6 is 11.6 Å². The van der Waals surface area contributed by atoms with Crippen LogP contribution in [0.4, 0.5) is 21.5 Å². The molecule has 9 nitrogen and oxygen atoms in total. The molecule has 13 heteroatoms. The molecule has 0 atom stereocenters. The Morgan fingerprint density at radius 3 is 1.93 bits per heavy atom. The van der Waals surface area contributed by atoms with E-state index >= 15 is 0 Å². The van der Waals surface area contributed by atoms with Gasteiger partial charge in [-0.3, -0.25) is 13.8 Å². The third-order valence-corrected chi connectivity index (χ3v) is 9.03. The average Bonchev–Trinajstić information content (AvgIpc) is 2.94. The van der Waals surface area contributed by atoms with Crippen LogP contribution in [0, 0.1) is 5.82 Å². The number of carbonyl (C=O) groups excluding carboxylic acids is 1. The first-order valence-corrected chi connectivity index (χ1v) is 14.9. The summed E-state index contributed by atoms with van der Waals surface area (Å²) in [4.78, 5) is 12.8. The van der Waals surface area contributed by atoms with Crippen LogP contribution in [0.2, 0.25) is 5.02 Å². The van der Waals surface area contributed by atoms with Gasteiger partial charge in [-0.2, -0.15) is 0 Å². The van der Waals surface area contributed by atoms with E-state index < -0.39 is 38.3 Å². The number of benzene rings is 4. The third-order valence-electron chi connectivity index (χ3n) is 5.59. The van der Waals surface area contributed by atoms with Crippen molar-refractivity contribution >= 4 is 54.6 Å². The monoisotopic (exact) mass is 603 g/mol. The van der Waals surface area contributed by atoms with Crippen LogP contribution in [-0.2, 0) is 24.8 Å². The standard InChI is InChI=1S/C27H23ClFN3O6S2/c1-38-24-12-16-26(17-13-24)40(36,37)32(23-10-2-19(28)3-11-23)18-27(33)30-21-8-14-25(15-9-21)39(34,35)31-22-6-4-20(29)5-7-22/h2-17,31H,18H2,1H3,(H,30,33). The van der Waals surface area contributed by atoms with Crippen LogP contribution < -0.4 is 19.1 Å². The Kier molecular flexibility index (Phi) is 8.62. The van der Waals surface area contributed by atoms with Crippen molar-refractivity contribution < 1.29 is 30.8 Å². The predicted molar refractivity (Wildman–Crippen MR) is 151 cm³/mol. The Balaban J connectivity index is 1.52. The van der Waals surface area contributed by atoms with Gasteiger partial charge in [0, 0.05) is 16.4 Å². The minimum absolute atomic E-state index is 0.0562. The lowest BCUT2D eigenvalue weighted by molar-refractivity contribution is -0.114. The molecule has 0 radical (unpaired) electrons. The van der Waals surface area contributed by atoms with Gasteiger partial charge in [0.2, 0.25) is 5.91 Å². The largest absolute Gasteiger partial charge is 0.497 e. The molecule has 0 aliphatic heterocycles. The fraction of sp³-hybridized carbons (Fsp3) is 0.0741. The highest BCUT2D eigenvalue weighted by atomic mass is 35.5. The number of ether oxygens (including phenoxy) is 1. The summed E-state index contributed by atoms with van der Waals surface area (Å²) in [5, 5.41) is 2.97. The number of rotatable bonds is 10. The molecule has 0 saturated heterocycles. The quantitative estimate of drug-likeness (QED) is 0.259. The molecule has 0 heterocycles. The number of nitrogens with one attached hydrogen (secondary N) is 2. The van der Waals surface area contributed by atoms with Crippen molar-refractivity contribution in [2.45, 2.75) is 9.79 Å². The molecule has 4 aromatic rings. The molecule has 4 aromatic carbocycles. The van der Waals surface area contributed by atoms with Gasteiger partial charge in [0.15, 0.2) is 0 Å². The zero-order valence-corrected chi connectivity index (χ0v) is 23.3. The highest BCUT2D eigenvalue weighted by molar-refractivity contribution is 7.93. The summed E-state index contributed by atoms with van der Waals surface area (Å²) in [5.74, 6) is -0.713. The van der Waals surface area contributed by atoms with Crippen LogP contribution in [0.25, 0.3) is 0 Å². The molecular weight excluding hydrogens is 581 g/mol. The van der Waals surface area contributed by atoms with E-state index in [1.54, 1.807) is 0 Å². The van der Waals surface area contributed by atoms with E-state index in [1.807, 2.05) is 0 Å². The molecule has 0 spiro atoms. The topological polar surface area (TPSA) is 122 Å². The lowest BCUT2D eigenvalue weighted by Gasteiger charge is -2.24. The van der Waals surface area contributed by atoms with E-state index in [0.717, 1.165) is 16.4 Å². The second-order valence-electron chi connectivity index (χ2n) is 8.35. The second kappa shape index (κ2) is 11.9. The van der Waals surface area contributed by atoms with Crippen LogP contribution in [0.5, 0.6) is 5.75 Å². The third kappa shape index (κ3) is 6.89. The number of hydrogen-bond acceptors (Lipinski definition) is 6. The molecule has 1 amide bonds. The highest BCUT2D eigenvalue weighted by Crippen LogP contribution is 2.27. The number of halogens is 2. The summed E-state index contributed by atoms with van der Waals surface area (Å²) in [6.07, 6.45) is 0. The van der Waals surface area contributed by atoms with Gasteiger partial charge in [-0.25, -0.2) is 21.2 Å². The summed E-state index contributed by atoms with van der Waals surface area (Å²) in [6.45, 7) is -0.581. The molecule has 40 heavy (non-hydrogen) atoms. The van der Waals surface area contributed by atoms with Gasteiger partial charge in [-0.05, 0) is 97.1 Å². The molecule has 0 saturated carbocycles. The SMILES string of the molecule is COc1ccc(S(=O)(=O)N(CC(=O)Nc2ccc(S(=O)(=O)Nc3ccc(F)cc3)cc2)c2ccc(Cl)cc2)cc1. The second-order valence-corrected chi connectivity index (χ2v) is 12.3. The van der Waals surface area contributed by atoms with E-state index in [1.165, 1.54) is 92.0 Å². The molecular formula is C27H23ClFN3O6S2. The summed E-state index contributed by atoms with van der Waals surface area (Å²) < 4.78 is 73.8. The highest BCUT2D eigenvalue weighted by Gasteiger charge is 2.27. The Labute approximate surface area is 236 Å². The molecule has 2 N–H and O–H groups in total. The van der Waals surface area contributed by atoms with E-state index in [-0.39, 0.29) is 26.9 Å².